The molecule has 7 heteroatoms. The highest BCUT2D eigenvalue weighted by molar-refractivity contribution is 6.07. The minimum absolute atomic E-state index is 0.0191. The zero-order valence-electron chi connectivity index (χ0n) is 16.8. The lowest BCUT2D eigenvalue weighted by Gasteiger charge is -2.22. The van der Waals surface area contributed by atoms with Crippen molar-refractivity contribution in [1.82, 2.24) is 14.8 Å². The Balaban J connectivity index is 1.57. The van der Waals surface area contributed by atoms with Crippen molar-refractivity contribution in [3.8, 4) is 17.4 Å². The first-order valence-electron chi connectivity index (χ1n) is 10.1. The topological polar surface area (TPSA) is 88.0 Å². The Labute approximate surface area is 168 Å². The lowest BCUT2D eigenvalue weighted by Crippen LogP contribution is -2.37. The maximum absolute atomic E-state index is 13.4. The first-order valence-corrected chi connectivity index (χ1v) is 10.1. The fraction of sp³-hybridized carbons (Fsp3) is 0.455. The average Bonchev–Trinajstić information content (AvgIpc) is 3.17. The van der Waals surface area contributed by atoms with Crippen LogP contribution in [0.4, 0.5) is 5.69 Å². The lowest BCUT2D eigenvalue weighted by molar-refractivity contribution is -0.124. The predicted molar refractivity (Wildman–Crippen MR) is 108 cm³/mol. The monoisotopic (exact) mass is 389 g/mol. The number of carbonyl (C=O) groups is 1. The number of hydrogen-bond donors (Lipinski definition) is 0. The van der Waals surface area contributed by atoms with Crippen molar-refractivity contribution < 1.29 is 9.21 Å². The van der Waals surface area contributed by atoms with Crippen LogP contribution in [0.1, 0.15) is 39.7 Å². The number of aromatic nitrogens is 3. The van der Waals surface area contributed by atoms with Gasteiger partial charge in [0.1, 0.15) is 16.7 Å². The number of nitrogens with zero attached hydrogens (tertiary/aromatic N) is 5. The zero-order chi connectivity index (χ0) is 20.3. The average molecular weight is 389 g/mol. The first-order chi connectivity index (χ1) is 14.0. The molecule has 148 valence electrons. The van der Waals surface area contributed by atoms with E-state index in [0.717, 1.165) is 18.4 Å². The fourth-order valence-electron chi connectivity index (χ4n) is 4.53. The van der Waals surface area contributed by atoms with Gasteiger partial charge in [-0.3, -0.25) is 14.5 Å². The highest BCUT2D eigenvalue weighted by Gasteiger charge is 2.61. The van der Waals surface area contributed by atoms with Gasteiger partial charge in [0, 0.05) is 37.0 Å². The second kappa shape index (κ2) is 6.18. The zero-order valence-corrected chi connectivity index (χ0v) is 16.8. The molecule has 7 nitrogen and oxygen atoms in total. The molecule has 5 rings (SSSR count). The van der Waals surface area contributed by atoms with Crippen LogP contribution in [0.5, 0.6) is 0 Å². The molecule has 0 N–H and O–H groups in total. The van der Waals surface area contributed by atoms with E-state index in [2.05, 4.69) is 30.0 Å². The molecule has 1 aliphatic carbocycles. The molecular formula is C22H23N5O2. The molecule has 0 aromatic carbocycles. The Hall–Kier alpha value is -3.14. The Morgan fingerprint density at radius 2 is 2.17 bits per heavy atom. The van der Waals surface area contributed by atoms with E-state index in [4.69, 9.17) is 4.42 Å². The summed E-state index contributed by atoms with van der Waals surface area (Å²) in [5.41, 5.74) is 1.91. The molecule has 1 saturated heterocycles. The first kappa shape index (κ1) is 17.9. The van der Waals surface area contributed by atoms with Crippen LogP contribution in [0, 0.1) is 28.6 Å². The molecule has 3 aromatic heterocycles. The quantitative estimate of drug-likeness (QED) is 0.668. The number of hydrogen-bond acceptors (Lipinski definition) is 5. The summed E-state index contributed by atoms with van der Waals surface area (Å²) in [6.45, 7) is 6.65. The maximum atomic E-state index is 13.4. The number of nitriles is 1. The van der Waals surface area contributed by atoms with Gasteiger partial charge in [0.2, 0.25) is 5.91 Å². The highest BCUT2D eigenvalue weighted by Crippen LogP contribution is 2.55. The molecule has 29 heavy (non-hydrogen) atoms. The molecule has 0 unspecified atom stereocenters. The molecule has 0 bridgehead atoms. The molecule has 4 heterocycles. The number of carbonyl (C=O) groups excluding carboxylic acids is 1. The third-order valence-corrected chi connectivity index (χ3v) is 6.34. The Morgan fingerprint density at radius 1 is 1.38 bits per heavy atom. The van der Waals surface area contributed by atoms with E-state index in [1.165, 1.54) is 0 Å². The lowest BCUT2D eigenvalue weighted by atomic mass is 9.75. The number of fused-ring (bicyclic) bond motifs is 1. The van der Waals surface area contributed by atoms with E-state index in [1.807, 2.05) is 23.9 Å². The molecular weight excluding hydrogens is 366 g/mol. The minimum Gasteiger partial charge on any atom is -0.452 e. The summed E-state index contributed by atoms with van der Waals surface area (Å²) in [5.74, 6) is 0.717. The van der Waals surface area contributed by atoms with Crippen LogP contribution in [-0.4, -0.2) is 27.2 Å². The van der Waals surface area contributed by atoms with Gasteiger partial charge >= 0.3 is 0 Å². The van der Waals surface area contributed by atoms with Gasteiger partial charge < -0.3 is 9.32 Å². The van der Waals surface area contributed by atoms with E-state index in [-0.39, 0.29) is 23.8 Å². The molecule has 2 aliphatic rings. The van der Waals surface area contributed by atoms with E-state index in [9.17, 15) is 10.1 Å². The minimum atomic E-state index is -0.913. The van der Waals surface area contributed by atoms with Crippen molar-refractivity contribution in [3.63, 3.8) is 0 Å². The number of furan rings is 1. The van der Waals surface area contributed by atoms with Crippen molar-refractivity contribution in [2.45, 2.75) is 39.7 Å². The van der Waals surface area contributed by atoms with Crippen molar-refractivity contribution in [3.05, 3.63) is 30.7 Å². The van der Waals surface area contributed by atoms with Gasteiger partial charge in [0.15, 0.2) is 5.58 Å². The summed E-state index contributed by atoms with van der Waals surface area (Å²) in [5, 5.41) is 14.3. The van der Waals surface area contributed by atoms with Gasteiger partial charge in [-0.2, -0.15) is 10.4 Å². The molecule has 1 aliphatic heterocycles. The van der Waals surface area contributed by atoms with Gasteiger partial charge in [-0.05, 0) is 38.7 Å². The molecule has 1 saturated carbocycles. The van der Waals surface area contributed by atoms with Crippen LogP contribution in [0.2, 0.25) is 0 Å². The molecule has 1 amide bonds. The second-order valence-electron chi connectivity index (χ2n) is 8.53. The molecule has 0 radical (unpaired) electrons. The third kappa shape index (κ3) is 2.52. The summed E-state index contributed by atoms with van der Waals surface area (Å²) in [6, 6.07) is 6.32. The van der Waals surface area contributed by atoms with Gasteiger partial charge in [-0.1, -0.05) is 6.92 Å². The van der Waals surface area contributed by atoms with Gasteiger partial charge in [-0.25, -0.2) is 0 Å². The number of rotatable bonds is 4. The van der Waals surface area contributed by atoms with Crippen molar-refractivity contribution in [2.24, 2.45) is 17.3 Å². The molecule has 0 spiro atoms. The van der Waals surface area contributed by atoms with E-state index in [1.54, 1.807) is 23.4 Å². The van der Waals surface area contributed by atoms with Crippen molar-refractivity contribution in [1.29, 1.82) is 5.26 Å². The number of pyridine rings is 1. The predicted octanol–water partition coefficient (Wildman–Crippen LogP) is 4.17. The van der Waals surface area contributed by atoms with Gasteiger partial charge in [0.25, 0.3) is 0 Å². The number of anilines is 1. The van der Waals surface area contributed by atoms with E-state index in [0.29, 0.717) is 29.1 Å². The SMILES string of the molecule is CC(C)n1cc(-c2cc3nccc(N4C[C@@H](C)[C@@](C#N)(C5CC5)C4=O)c3o2)cn1. The molecule has 2 fully saturated rings. The number of amides is 1. The standard InChI is InChI=1S/C22H23N5O2/c1-13(2)27-11-15(9-25-27)19-8-17-20(29-19)18(6-7-24-17)26-10-14(3)22(12-23,21(26)28)16-4-5-16/h6-9,11,13-14,16H,4-5,10H2,1-3H3/t14-,22+/m1/s1. The summed E-state index contributed by atoms with van der Waals surface area (Å²) >= 11 is 0. The van der Waals surface area contributed by atoms with E-state index < -0.39 is 5.41 Å². The van der Waals surface area contributed by atoms with Crippen LogP contribution in [0.15, 0.2) is 35.1 Å². The summed E-state index contributed by atoms with van der Waals surface area (Å²) in [6.07, 6.45) is 7.31. The van der Waals surface area contributed by atoms with Crippen LogP contribution < -0.4 is 4.90 Å². The van der Waals surface area contributed by atoms with Gasteiger partial charge in [0.05, 0.1) is 23.5 Å². The summed E-state index contributed by atoms with van der Waals surface area (Å²) in [7, 11) is 0. The summed E-state index contributed by atoms with van der Waals surface area (Å²) in [4.78, 5) is 19.5. The second-order valence-corrected chi connectivity index (χ2v) is 8.53. The normalized spacial score (nSPS) is 24.6. The largest absolute Gasteiger partial charge is 0.452 e. The van der Waals surface area contributed by atoms with Gasteiger partial charge in [-0.15, -0.1) is 0 Å². The Bertz CT molecular complexity index is 1150. The third-order valence-electron chi connectivity index (χ3n) is 6.34. The smallest absolute Gasteiger partial charge is 0.248 e. The fourth-order valence-corrected chi connectivity index (χ4v) is 4.53. The van der Waals surface area contributed by atoms with E-state index >= 15 is 0 Å². The summed E-state index contributed by atoms with van der Waals surface area (Å²) < 4.78 is 8.03. The Kier molecular flexibility index (Phi) is 3.82. The highest BCUT2D eigenvalue weighted by atomic mass is 16.3. The maximum Gasteiger partial charge on any atom is 0.248 e. The van der Waals surface area contributed by atoms with Crippen LogP contribution in [0.25, 0.3) is 22.4 Å². The molecule has 2 atom stereocenters. The van der Waals surface area contributed by atoms with Crippen LogP contribution >= 0.6 is 0 Å². The van der Waals surface area contributed by atoms with Crippen LogP contribution in [-0.2, 0) is 4.79 Å². The van der Waals surface area contributed by atoms with Crippen LogP contribution in [0.3, 0.4) is 0 Å². The van der Waals surface area contributed by atoms with Crippen molar-refractivity contribution in [2.75, 3.05) is 11.4 Å². The van der Waals surface area contributed by atoms with Crippen molar-refractivity contribution >= 4 is 22.7 Å². The Morgan fingerprint density at radius 3 is 2.83 bits per heavy atom. The molecule has 3 aromatic rings.